The minimum absolute atomic E-state index is 0.237. The van der Waals surface area contributed by atoms with Gasteiger partial charge in [-0.25, -0.2) is 0 Å². The second-order valence-electron chi connectivity index (χ2n) is 3.98. The summed E-state index contributed by atoms with van der Waals surface area (Å²) in [7, 11) is 3.27. The third-order valence-electron chi connectivity index (χ3n) is 2.84. The number of benzene rings is 2. The Balaban J connectivity index is 2.36. The maximum Gasteiger partial charge on any atom is 0.122 e. The largest absolute Gasteiger partial charge is 0.508 e. The predicted molar refractivity (Wildman–Crippen MR) is 70.5 cm³/mol. The summed E-state index contributed by atoms with van der Waals surface area (Å²) < 4.78 is 10.6. The highest BCUT2D eigenvalue weighted by Crippen LogP contribution is 2.28. The van der Waals surface area contributed by atoms with E-state index in [-0.39, 0.29) is 5.75 Å². The van der Waals surface area contributed by atoms with Gasteiger partial charge in [0.1, 0.15) is 17.2 Å². The molecule has 0 bridgehead atoms. The third-order valence-corrected chi connectivity index (χ3v) is 2.84. The summed E-state index contributed by atoms with van der Waals surface area (Å²) in [6.45, 7) is 0. The molecule has 0 spiro atoms. The number of phenols is 1. The van der Waals surface area contributed by atoms with Gasteiger partial charge in [-0.1, -0.05) is 18.2 Å². The topological polar surface area (TPSA) is 38.7 Å². The number of hydrogen-bond acceptors (Lipinski definition) is 3. The van der Waals surface area contributed by atoms with Gasteiger partial charge in [0.25, 0.3) is 0 Å². The molecule has 3 heteroatoms. The number of hydrogen-bond donors (Lipinski definition) is 1. The molecule has 0 aliphatic carbocycles. The summed E-state index contributed by atoms with van der Waals surface area (Å²) in [5.41, 5.74) is 1.99. The third kappa shape index (κ3) is 2.56. The van der Waals surface area contributed by atoms with Crippen molar-refractivity contribution >= 4 is 0 Å². The lowest BCUT2D eigenvalue weighted by atomic mass is 10.0. The second-order valence-corrected chi connectivity index (χ2v) is 3.98. The highest BCUT2D eigenvalue weighted by Gasteiger charge is 2.08. The number of phenolic OH excluding ortho intramolecular Hbond substituents is 1. The summed E-state index contributed by atoms with van der Waals surface area (Å²) in [5.74, 6) is 1.84. The zero-order valence-corrected chi connectivity index (χ0v) is 10.5. The van der Waals surface area contributed by atoms with Crippen LogP contribution in [-0.4, -0.2) is 19.3 Å². The van der Waals surface area contributed by atoms with Crippen molar-refractivity contribution in [2.24, 2.45) is 0 Å². The van der Waals surface area contributed by atoms with Crippen LogP contribution >= 0.6 is 0 Å². The normalized spacial score (nSPS) is 10.1. The lowest BCUT2D eigenvalue weighted by Crippen LogP contribution is -1.96. The predicted octanol–water partition coefficient (Wildman–Crippen LogP) is 3.00. The zero-order chi connectivity index (χ0) is 13.0. The maximum atomic E-state index is 9.55. The minimum Gasteiger partial charge on any atom is -0.508 e. The van der Waals surface area contributed by atoms with Crippen molar-refractivity contribution in [1.29, 1.82) is 0 Å². The molecular weight excluding hydrogens is 228 g/mol. The smallest absolute Gasteiger partial charge is 0.122 e. The van der Waals surface area contributed by atoms with Gasteiger partial charge in [0.15, 0.2) is 0 Å². The fourth-order valence-electron chi connectivity index (χ4n) is 1.96. The van der Waals surface area contributed by atoms with E-state index < -0.39 is 0 Å². The van der Waals surface area contributed by atoms with Crippen LogP contribution < -0.4 is 9.47 Å². The van der Waals surface area contributed by atoms with Crippen molar-refractivity contribution in [2.75, 3.05) is 14.2 Å². The molecular formula is C15H16O3. The summed E-state index contributed by atoms with van der Waals surface area (Å²) in [4.78, 5) is 0. The first-order valence-corrected chi connectivity index (χ1v) is 5.72. The molecule has 18 heavy (non-hydrogen) atoms. The second kappa shape index (κ2) is 5.45. The maximum absolute atomic E-state index is 9.55. The van der Waals surface area contributed by atoms with Crippen LogP contribution in [0.3, 0.4) is 0 Å². The van der Waals surface area contributed by atoms with Crippen molar-refractivity contribution in [1.82, 2.24) is 0 Å². The van der Waals surface area contributed by atoms with E-state index in [0.717, 1.165) is 22.6 Å². The Labute approximate surface area is 107 Å². The van der Waals surface area contributed by atoms with Crippen molar-refractivity contribution < 1.29 is 14.6 Å². The zero-order valence-electron chi connectivity index (χ0n) is 10.5. The molecule has 0 radical (unpaired) electrons. The SMILES string of the molecule is COc1ccccc1Cc1cc(O)ccc1OC. The van der Waals surface area contributed by atoms with Gasteiger partial charge in [-0.15, -0.1) is 0 Å². The molecule has 0 atom stereocenters. The molecule has 0 aliphatic heterocycles. The average Bonchev–Trinajstić information content (AvgIpc) is 2.40. The molecule has 0 amide bonds. The van der Waals surface area contributed by atoms with Crippen LogP contribution in [0.5, 0.6) is 17.2 Å². The van der Waals surface area contributed by atoms with Gasteiger partial charge < -0.3 is 14.6 Å². The van der Waals surface area contributed by atoms with Gasteiger partial charge in [0, 0.05) is 12.0 Å². The first-order valence-electron chi connectivity index (χ1n) is 5.72. The van der Waals surface area contributed by atoms with E-state index in [1.807, 2.05) is 24.3 Å². The Hall–Kier alpha value is -2.16. The number of rotatable bonds is 4. The number of para-hydroxylation sites is 1. The molecule has 94 valence electrons. The number of ether oxygens (including phenoxy) is 2. The Morgan fingerprint density at radius 2 is 1.56 bits per heavy atom. The fraction of sp³-hybridized carbons (Fsp3) is 0.200. The molecule has 1 N–H and O–H groups in total. The number of aromatic hydroxyl groups is 1. The molecule has 3 nitrogen and oxygen atoms in total. The van der Waals surface area contributed by atoms with E-state index in [4.69, 9.17) is 9.47 Å². The van der Waals surface area contributed by atoms with Gasteiger partial charge in [-0.3, -0.25) is 0 Å². The fourth-order valence-corrected chi connectivity index (χ4v) is 1.96. The van der Waals surface area contributed by atoms with Crippen molar-refractivity contribution in [3.05, 3.63) is 53.6 Å². The first kappa shape index (κ1) is 12.3. The van der Waals surface area contributed by atoms with E-state index in [1.165, 1.54) is 0 Å². The van der Waals surface area contributed by atoms with Crippen LogP contribution in [0.4, 0.5) is 0 Å². The van der Waals surface area contributed by atoms with Crippen LogP contribution in [0.1, 0.15) is 11.1 Å². The highest BCUT2D eigenvalue weighted by atomic mass is 16.5. The molecule has 0 unspecified atom stereocenters. The summed E-state index contributed by atoms with van der Waals surface area (Å²) >= 11 is 0. The molecule has 2 rings (SSSR count). The van der Waals surface area contributed by atoms with Crippen LogP contribution in [0.25, 0.3) is 0 Å². The first-order chi connectivity index (χ1) is 8.74. The van der Waals surface area contributed by atoms with Crippen molar-refractivity contribution in [3.63, 3.8) is 0 Å². The average molecular weight is 244 g/mol. The molecule has 0 aromatic heterocycles. The molecule has 2 aromatic rings. The van der Waals surface area contributed by atoms with Gasteiger partial charge >= 0.3 is 0 Å². The summed E-state index contributed by atoms with van der Waals surface area (Å²) in [6.07, 6.45) is 0.654. The van der Waals surface area contributed by atoms with Crippen molar-refractivity contribution in [2.45, 2.75) is 6.42 Å². The van der Waals surface area contributed by atoms with E-state index in [2.05, 4.69) is 0 Å². The van der Waals surface area contributed by atoms with E-state index in [9.17, 15) is 5.11 Å². The van der Waals surface area contributed by atoms with E-state index in [1.54, 1.807) is 32.4 Å². The minimum atomic E-state index is 0.237. The Morgan fingerprint density at radius 3 is 2.28 bits per heavy atom. The lowest BCUT2D eigenvalue weighted by Gasteiger charge is -2.11. The van der Waals surface area contributed by atoms with Crippen LogP contribution in [-0.2, 0) is 6.42 Å². The monoisotopic (exact) mass is 244 g/mol. The highest BCUT2D eigenvalue weighted by molar-refractivity contribution is 5.45. The molecule has 0 saturated carbocycles. The van der Waals surface area contributed by atoms with Gasteiger partial charge in [-0.05, 0) is 29.8 Å². The number of methoxy groups -OCH3 is 2. The standard InChI is InChI=1S/C15H16O3/c1-17-14-6-4-3-5-11(14)9-12-10-13(16)7-8-15(12)18-2/h3-8,10,16H,9H2,1-2H3. The molecule has 0 aliphatic rings. The van der Waals surface area contributed by atoms with Crippen molar-refractivity contribution in [3.8, 4) is 17.2 Å². The Kier molecular flexibility index (Phi) is 3.72. The molecule has 2 aromatic carbocycles. The summed E-state index contributed by atoms with van der Waals surface area (Å²) in [5, 5.41) is 9.55. The van der Waals surface area contributed by atoms with Gasteiger partial charge in [0.2, 0.25) is 0 Å². The summed E-state index contributed by atoms with van der Waals surface area (Å²) in [6, 6.07) is 12.9. The molecule has 0 heterocycles. The lowest BCUT2D eigenvalue weighted by molar-refractivity contribution is 0.403. The van der Waals surface area contributed by atoms with E-state index in [0.29, 0.717) is 6.42 Å². The molecule has 0 saturated heterocycles. The van der Waals surface area contributed by atoms with E-state index >= 15 is 0 Å². The molecule has 0 fully saturated rings. The Bertz CT molecular complexity index is 535. The van der Waals surface area contributed by atoms with Crippen LogP contribution in [0, 0.1) is 0 Å². The van der Waals surface area contributed by atoms with Gasteiger partial charge in [0.05, 0.1) is 14.2 Å². The quantitative estimate of drug-likeness (QED) is 0.898. The van der Waals surface area contributed by atoms with Crippen LogP contribution in [0.15, 0.2) is 42.5 Å². The Morgan fingerprint density at radius 1 is 0.889 bits per heavy atom. The van der Waals surface area contributed by atoms with Gasteiger partial charge in [-0.2, -0.15) is 0 Å². The van der Waals surface area contributed by atoms with Crippen LogP contribution in [0.2, 0.25) is 0 Å².